The number of rotatable bonds is 9. The van der Waals surface area contributed by atoms with Crippen LogP contribution in [0.4, 0.5) is 0 Å². The highest BCUT2D eigenvalue weighted by Gasteiger charge is 2.46. The zero-order chi connectivity index (χ0) is 19.1. The number of hydrogen-bond acceptors (Lipinski definition) is 4. The largest absolute Gasteiger partial charge is 0.389 e. The van der Waals surface area contributed by atoms with E-state index in [4.69, 9.17) is 9.94 Å². The van der Waals surface area contributed by atoms with Crippen LogP contribution in [0.2, 0.25) is 0 Å². The number of hydrogen-bond donors (Lipinski definition) is 3. The Morgan fingerprint density at radius 1 is 1.11 bits per heavy atom. The zero-order valence-electron chi connectivity index (χ0n) is 16.3. The number of hydroxylamine groups is 1. The molecule has 1 saturated carbocycles. The molecular weight excluding hydrogens is 342 g/mol. The molecule has 2 saturated heterocycles. The number of fused-ring (bicyclic) bond motifs is 2. The molecule has 2 aliphatic heterocycles. The van der Waals surface area contributed by atoms with Crippen molar-refractivity contribution in [3.8, 4) is 0 Å². The third kappa shape index (κ3) is 5.66. The number of unbranched alkanes of at least 4 members (excludes halogenated alkanes) is 1. The quantitative estimate of drug-likeness (QED) is 0.246. The molecule has 3 N–H and O–H groups in total. The Hall–Kier alpha value is -1.17. The summed E-state index contributed by atoms with van der Waals surface area (Å²) in [6, 6.07) is 0. The van der Waals surface area contributed by atoms with E-state index in [1.54, 1.807) is 5.48 Å². The summed E-state index contributed by atoms with van der Waals surface area (Å²) in [6.07, 6.45) is 20.3. The van der Waals surface area contributed by atoms with E-state index < -0.39 is 0 Å². The number of allylic oxidation sites excluding steroid dienone is 2. The Bertz CT molecular complexity index is 526. The molecule has 3 aliphatic rings. The van der Waals surface area contributed by atoms with Crippen LogP contribution in [-0.2, 0) is 9.53 Å². The molecule has 2 heterocycles. The molecule has 2 bridgehead atoms. The molecule has 0 spiro atoms. The van der Waals surface area contributed by atoms with E-state index in [2.05, 4.69) is 24.3 Å². The molecule has 0 radical (unpaired) electrons. The van der Waals surface area contributed by atoms with E-state index in [1.807, 2.05) is 0 Å². The van der Waals surface area contributed by atoms with Crippen molar-refractivity contribution < 1.29 is 19.8 Å². The van der Waals surface area contributed by atoms with Gasteiger partial charge >= 0.3 is 0 Å². The lowest BCUT2D eigenvalue weighted by atomic mass is 9.76. The molecule has 0 aromatic heterocycles. The number of carbonyl (C=O) groups excluding carboxylic acids is 1. The van der Waals surface area contributed by atoms with Crippen LogP contribution in [0.25, 0.3) is 0 Å². The summed E-state index contributed by atoms with van der Waals surface area (Å²) < 4.78 is 6.15. The molecule has 0 aromatic carbocycles. The Morgan fingerprint density at radius 3 is 2.67 bits per heavy atom. The fourth-order valence-electron chi connectivity index (χ4n) is 5.07. The Kier molecular flexibility index (Phi) is 7.92. The summed E-state index contributed by atoms with van der Waals surface area (Å²) in [6.45, 7) is 0. The van der Waals surface area contributed by atoms with Crippen molar-refractivity contribution in [3.05, 3.63) is 24.3 Å². The van der Waals surface area contributed by atoms with Crippen LogP contribution < -0.4 is 5.48 Å². The van der Waals surface area contributed by atoms with Crippen molar-refractivity contribution in [1.82, 2.24) is 5.48 Å². The minimum absolute atomic E-state index is 0.307. The van der Waals surface area contributed by atoms with Crippen molar-refractivity contribution >= 4 is 5.91 Å². The molecule has 152 valence electrons. The molecular formula is C22H35NO4. The number of ether oxygens (including phenoxy) is 1. The third-order valence-corrected chi connectivity index (χ3v) is 6.62. The first-order valence-electron chi connectivity index (χ1n) is 10.8. The Labute approximate surface area is 162 Å². The van der Waals surface area contributed by atoms with Crippen molar-refractivity contribution in [1.29, 1.82) is 0 Å². The van der Waals surface area contributed by atoms with Crippen LogP contribution in [0, 0.1) is 17.8 Å². The summed E-state index contributed by atoms with van der Waals surface area (Å²) in [5.41, 5.74) is 1.66. The van der Waals surface area contributed by atoms with Crippen LogP contribution in [0.3, 0.4) is 0 Å². The number of aliphatic hydroxyl groups is 1. The third-order valence-electron chi connectivity index (χ3n) is 6.62. The maximum absolute atomic E-state index is 11.0. The van der Waals surface area contributed by atoms with Gasteiger partial charge in [0, 0.05) is 12.3 Å². The lowest BCUT2D eigenvalue weighted by Crippen LogP contribution is -2.26. The first-order chi connectivity index (χ1) is 13.2. The van der Waals surface area contributed by atoms with Crippen LogP contribution in [-0.4, -0.2) is 34.5 Å². The maximum atomic E-state index is 11.0. The van der Waals surface area contributed by atoms with Gasteiger partial charge in [-0.05, 0) is 56.8 Å². The SMILES string of the molecule is O=C(CCCC=CC[C@H]1[C@@H](C=CC(O)C2CCCCC2)[C@H]2CC[C@@H]1O2)NO. The van der Waals surface area contributed by atoms with Gasteiger partial charge in [-0.25, -0.2) is 5.48 Å². The first-order valence-corrected chi connectivity index (χ1v) is 10.8. The second kappa shape index (κ2) is 10.4. The summed E-state index contributed by atoms with van der Waals surface area (Å²) in [5.74, 6) is 1.01. The van der Waals surface area contributed by atoms with Crippen molar-refractivity contribution in [2.75, 3.05) is 0 Å². The van der Waals surface area contributed by atoms with Crippen molar-refractivity contribution in [3.63, 3.8) is 0 Å². The molecule has 3 rings (SSSR count). The number of aliphatic hydroxyl groups excluding tert-OH is 1. The average Bonchev–Trinajstić information content (AvgIpc) is 3.31. The second-order valence-electron chi connectivity index (χ2n) is 8.44. The van der Waals surface area contributed by atoms with E-state index >= 15 is 0 Å². The number of nitrogens with one attached hydrogen (secondary N) is 1. The summed E-state index contributed by atoms with van der Waals surface area (Å²) in [5, 5.41) is 19.0. The van der Waals surface area contributed by atoms with Gasteiger partial charge in [-0.2, -0.15) is 0 Å². The van der Waals surface area contributed by atoms with Gasteiger partial charge in [0.1, 0.15) is 0 Å². The lowest BCUT2D eigenvalue weighted by Gasteiger charge is -2.27. The average molecular weight is 378 g/mol. The summed E-state index contributed by atoms with van der Waals surface area (Å²) in [4.78, 5) is 11.0. The van der Waals surface area contributed by atoms with Gasteiger partial charge in [-0.3, -0.25) is 10.0 Å². The van der Waals surface area contributed by atoms with Gasteiger partial charge < -0.3 is 9.84 Å². The van der Waals surface area contributed by atoms with E-state index in [0.717, 1.165) is 44.9 Å². The second-order valence-corrected chi connectivity index (χ2v) is 8.44. The van der Waals surface area contributed by atoms with E-state index in [9.17, 15) is 9.90 Å². The van der Waals surface area contributed by atoms with Crippen LogP contribution >= 0.6 is 0 Å². The molecule has 0 aromatic rings. The van der Waals surface area contributed by atoms with Crippen LogP contribution in [0.5, 0.6) is 0 Å². The smallest absolute Gasteiger partial charge is 0.243 e. The maximum Gasteiger partial charge on any atom is 0.243 e. The minimum atomic E-state index is -0.327. The van der Waals surface area contributed by atoms with Crippen molar-refractivity contribution in [2.24, 2.45) is 17.8 Å². The Morgan fingerprint density at radius 2 is 1.89 bits per heavy atom. The first kappa shape index (κ1) is 20.6. The molecule has 5 atom stereocenters. The lowest BCUT2D eigenvalue weighted by molar-refractivity contribution is -0.129. The highest BCUT2D eigenvalue weighted by Crippen LogP contribution is 2.46. The fourth-order valence-corrected chi connectivity index (χ4v) is 5.07. The minimum Gasteiger partial charge on any atom is -0.389 e. The Balaban J connectivity index is 1.47. The summed E-state index contributed by atoms with van der Waals surface area (Å²) in [7, 11) is 0. The summed E-state index contributed by atoms with van der Waals surface area (Å²) >= 11 is 0. The van der Waals surface area contributed by atoms with Gasteiger partial charge in [0.25, 0.3) is 0 Å². The number of carbonyl (C=O) groups is 1. The molecule has 1 unspecified atom stereocenters. The topological polar surface area (TPSA) is 78.8 Å². The van der Waals surface area contributed by atoms with Gasteiger partial charge in [0.05, 0.1) is 18.3 Å². The van der Waals surface area contributed by atoms with Gasteiger partial charge in [-0.15, -0.1) is 0 Å². The standard InChI is InChI=1S/C22H35NO4/c24-19(16-8-4-3-5-9-16)13-12-18-17(20-14-15-21(18)27-20)10-6-1-2-7-11-22(25)23-26/h1,6,12-13,16-21,24,26H,2-5,7-11,14-15H2,(H,23,25)/t17-,18+,19?,20-,21+/m0/s1. The number of amides is 1. The van der Waals surface area contributed by atoms with E-state index in [0.29, 0.717) is 36.4 Å². The molecule has 27 heavy (non-hydrogen) atoms. The van der Waals surface area contributed by atoms with E-state index in [1.165, 1.54) is 19.3 Å². The fraction of sp³-hybridized carbons (Fsp3) is 0.773. The highest BCUT2D eigenvalue weighted by molar-refractivity contribution is 5.74. The van der Waals surface area contributed by atoms with E-state index in [-0.39, 0.29) is 12.0 Å². The van der Waals surface area contributed by atoms with Crippen molar-refractivity contribution in [2.45, 2.75) is 88.9 Å². The van der Waals surface area contributed by atoms with Gasteiger partial charge in [0.15, 0.2) is 0 Å². The van der Waals surface area contributed by atoms with Crippen LogP contribution in [0.1, 0.15) is 70.6 Å². The zero-order valence-corrected chi connectivity index (χ0v) is 16.3. The van der Waals surface area contributed by atoms with Crippen LogP contribution in [0.15, 0.2) is 24.3 Å². The predicted molar refractivity (Wildman–Crippen MR) is 104 cm³/mol. The molecule has 1 aliphatic carbocycles. The molecule has 5 heteroatoms. The van der Waals surface area contributed by atoms with Gasteiger partial charge in [0.2, 0.25) is 5.91 Å². The monoisotopic (exact) mass is 377 g/mol. The molecule has 3 fully saturated rings. The normalized spacial score (nSPS) is 32.5. The predicted octanol–water partition coefficient (Wildman–Crippen LogP) is 3.90. The highest BCUT2D eigenvalue weighted by atomic mass is 16.5. The molecule has 5 nitrogen and oxygen atoms in total. The molecule has 1 amide bonds. The van der Waals surface area contributed by atoms with Gasteiger partial charge in [-0.1, -0.05) is 43.6 Å².